The fourth-order valence-electron chi connectivity index (χ4n) is 10.7. The maximum atomic E-state index is 9.05. The fraction of sp³-hybridized carbons (Fsp3) is 0.647. The van der Waals surface area contributed by atoms with Crippen LogP contribution in [-0.2, 0) is 63.6 Å². The summed E-state index contributed by atoms with van der Waals surface area (Å²) in [4.78, 5) is 0. The van der Waals surface area contributed by atoms with Crippen molar-refractivity contribution in [2.24, 2.45) is 23.7 Å². The predicted octanol–water partition coefficient (Wildman–Crippen LogP) is 7.17. The van der Waals surface area contributed by atoms with E-state index < -0.39 is 0 Å². The van der Waals surface area contributed by atoms with E-state index in [1.165, 1.54) is 0 Å². The Bertz CT molecular complexity index is 2260. The molecule has 92 heavy (non-hydrogen) atoms. The summed E-state index contributed by atoms with van der Waals surface area (Å²) < 4.78 is 113. The minimum atomic E-state index is -0.0315. The lowest BCUT2D eigenvalue weighted by Crippen LogP contribution is -2.26. The van der Waals surface area contributed by atoms with Crippen LogP contribution in [0, 0.1) is 23.7 Å². The molecule has 4 rings (SSSR count). The molecule has 0 aliphatic rings. The molecule has 0 spiro atoms. The van der Waals surface area contributed by atoms with Crippen LogP contribution in [0.3, 0.4) is 0 Å². The molecule has 0 radical (unpaired) electrons. The first-order valence-electron chi connectivity index (χ1n) is 31.2. The van der Waals surface area contributed by atoms with Crippen LogP contribution in [0.2, 0.25) is 0 Å². The zero-order valence-corrected chi connectivity index (χ0v) is 56.7. The van der Waals surface area contributed by atoms with E-state index in [0.717, 1.165) is 60.8 Å². The Morgan fingerprint density at radius 2 is 0.435 bits per heavy atom. The van der Waals surface area contributed by atoms with Crippen molar-refractivity contribution in [3.05, 3.63) is 70.8 Å². The van der Waals surface area contributed by atoms with Crippen LogP contribution in [0.25, 0.3) is 0 Å². The predicted molar refractivity (Wildman–Crippen MR) is 347 cm³/mol. The SMILES string of the molecule is COc1cc(C[C@@H](CCCOCCOCCO)[C@H](COCCOCCO)Cc2cc(OC)c(OC)c(OC)c2)cc(OC)c1OC.COc1cc(C[C@H](CCCOCCOCCO)[C@@H](COCCOCCO)Cc2cc(OC)c(OC)c(OC)c2)cc(OC)c1OC. The molecule has 0 bridgehead atoms. The number of benzene rings is 4. The molecule has 0 saturated carbocycles. The molecule has 24 nitrogen and oxygen atoms in total. The van der Waals surface area contributed by atoms with Crippen molar-refractivity contribution in [3.63, 3.8) is 0 Å². The summed E-state index contributed by atoms with van der Waals surface area (Å²) in [5.41, 5.74) is 4.12. The molecule has 524 valence electrons. The molecule has 4 aromatic carbocycles. The van der Waals surface area contributed by atoms with E-state index in [1.54, 1.807) is 85.3 Å². The minimum absolute atomic E-state index is 0.00836. The molecule has 0 aromatic heterocycles. The smallest absolute Gasteiger partial charge is 0.203 e. The van der Waals surface area contributed by atoms with Crippen molar-refractivity contribution in [1.82, 2.24) is 0 Å². The highest BCUT2D eigenvalue weighted by molar-refractivity contribution is 5.56. The van der Waals surface area contributed by atoms with Gasteiger partial charge in [0.1, 0.15) is 0 Å². The van der Waals surface area contributed by atoms with Gasteiger partial charge in [0.15, 0.2) is 46.0 Å². The minimum Gasteiger partial charge on any atom is -0.493 e. The van der Waals surface area contributed by atoms with Crippen LogP contribution in [-0.4, -0.2) is 238 Å². The second-order valence-corrected chi connectivity index (χ2v) is 21.0. The van der Waals surface area contributed by atoms with Gasteiger partial charge in [0.25, 0.3) is 0 Å². The normalized spacial score (nSPS) is 12.4. The van der Waals surface area contributed by atoms with Crippen molar-refractivity contribution in [2.45, 2.75) is 51.4 Å². The maximum Gasteiger partial charge on any atom is 0.203 e. The average molecular weight is 1310 g/mol. The van der Waals surface area contributed by atoms with Crippen molar-refractivity contribution in [3.8, 4) is 69.0 Å². The Kier molecular flexibility index (Phi) is 43.2. The van der Waals surface area contributed by atoms with Gasteiger partial charge in [0.05, 0.1) is 204 Å². The van der Waals surface area contributed by atoms with E-state index in [0.29, 0.717) is 174 Å². The topological polar surface area (TPSA) is 266 Å². The van der Waals surface area contributed by atoms with Crippen molar-refractivity contribution >= 4 is 0 Å². The second kappa shape index (κ2) is 49.6. The van der Waals surface area contributed by atoms with E-state index in [2.05, 4.69) is 0 Å². The highest BCUT2D eigenvalue weighted by Gasteiger charge is 2.28. The lowest BCUT2D eigenvalue weighted by Gasteiger charge is -2.29. The molecule has 0 heterocycles. The summed E-state index contributed by atoms with van der Waals surface area (Å²) >= 11 is 0. The quantitative estimate of drug-likeness (QED) is 0.0319. The largest absolute Gasteiger partial charge is 0.493 e. The zero-order valence-electron chi connectivity index (χ0n) is 56.7. The van der Waals surface area contributed by atoms with Crippen LogP contribution in [0.1, 0.15) is 47.9 Å². The van der Waals surface area contributed by atoms with Crippen molar-refractivity contribution < 1.29 is 115 Å². The van der Waals surface area contributed by atoms with Gasteiger partial charge >= 0.3 is 0 Å². The monoisotopic (exact) mass is 1310 g/mol. The maximum absolute atomic E-state index is 9.05. The molecule has 0 fully saturated rings. The first-order chi connectivity index (χ1) is 45.0. The number of rotatable bonds is 54. The Morgan fingerprint density at radius 1 is 0.239 bits per heavy atom. The number of hydrogen-bond acceptors (Lipinski definition) is 24. The molecule has 0 aliphatic carbocycles. The van der Waals surface area contributed by atoms with Crippen molar-refractivity contribution in [1.29, 1.82) is 0 Å². The molecule has 4 atom stereocenters. The number of ether oxygens (including phenoxy) is 20. The fourth-order valence-corrected chi connectivity index (χ4v) is 10.7. The molecule has 0 amide bonds. The number of methoxy groups -OCH3 is 12. The van der Waals surface area contributed by atoms with Gasteiger partial charge in [-0.15, -0.1) is 0 Å². The Morgan fingerprint density at radius 3 is 0.630 bits per heavy atom. The molecular formula is C68H108O24. The van der Waals surface area contributed by atoms with Crippen molar-refractivity contribution in [2.75, 3.05) is 217 Å². The number of hydrogen-bond donors (Lipinski definition) is 4. The molecule has 0 aliphatic heterocycles. The summed E-state index contributed by atoms with van der Waals surface area (Å²) in [6.07, 6.45) is 6.14. The summed E-state index contributed by atoms with van der Waals surface area (Å²) in [7, 11) is 19.2. The average Bonchev–Trinajstić information content (AvgIpc) is 1.41. The van der Waals surface area contributed by atoms with Gasteiger partial charge in [0.2, 0.25) is 23.0 Å². The highest BCUT2D eigenvalue weighted by atomic mass is 16.6. The van der Waals surface area contributed by atoms with E-state index in [-0.39, 0.29) is 63.3 Å². The van der Waals surface area contributed by atoms with Crippen LogP contribution in [0.4, 0.5) is 0 Å². The second-order valence-electron chi connectivity index (χ2n) is 21.0. The van der Waals surface area contributed by atoms with Gasteiger partial charge in [-0.2, -0.15) is 0 Å². The highest BCUT2D eigenvalue weighted by Crippen LogP contribution is 2.44. The molecule has 24 heteroatoms. The van der Waals surface area contributed by atoms with Gasteiger partial charge in [0, 0.05) is 13.2 Å². The van der Waals surface area contributed by atoms with Gasteiger partial charge in [-0.25, -0.2) is 0 Å². The third kappa shape index (κ3) is 28.7. The van der Waals surface area contributed by atoms with Crippen LogP contribution >= 0.6 is 0 Å². The van der Waals surface area contributed by atoms with E-state index in [1.807, 2.05) is 48.5 Å². The molecule has 0 saturated heterocycles. The summed E-state index contributed by atoms with van der Waals surface area (Å²) in [6.45, 7) is 6.53. The summed E-state index contributed by atoms with van der Waals surface area (Å²) in [5, 5.41) is 35.9. The van der Waals surface area contributed by atoms with Crippen LogP contribution in [0.15, 0.2) is 48.5 Å². The molecule has 4 N–H and O–H groups in total. The molecule has 0 unspecified atom stereocenters. The van der Waals surface area contributed by atoms with Gasteiger partial charge < -0.3 is 115 Å². The molecular weight excluding hydrogens is 1200 g/mol. The summed E-state index contributed by atoms with van der Waals surface area (Å²) in [5.74, 6) is 7.39. The zero-order chi connectivity index (χ0) is 67.1. The number of aliphatic hydroxyl groups is 4. The van der Waals surface area contributed by atoms with Gasteiger partial charge in [-0.05, 0) is 146 Å². The first kappa shape index (κ1) is 80.2. The van der Waals surface area contributed by atoms with Gasteiger partial charge in [-0.1, -0.05) is 0 Å². The summed E-state index contributed by atoms with van der Waals surface area (Å²) in [6, 6.07) is 15.9. The van der Waals surface area contributed by atoms with Crippen LogP contribution < -0.4 is 56.8 Å². The van der Waals surface area contributed by atoms with Crippen LogP contribution in [0.5, 0.6) is 69.0 Å². The van der Waals surface area contributed by atoms with E-state index in [4.69, 9.17) is 115 Å². The standard InChI is InChI=1S/2C34H54O12/c2*1-37-29-20-25(21-30(38-2)33(29)41-5)18-27(8-7-11-43-14-15-44-12-9-35)28(24-46-17-16-45-13-10-36)19-26-22-31(39-3)34(42-6)32(23-26)40-4/h2*20-23,27-28,35-36H,7-19,24H2,1-6H3/t2*27-,28+/m10/s1. The Hall–Kier alpha value is -6.00. The third-order valence-corrected chi connectivity index (χ3v) is 15.0. The van der Waals surface area contributed by atoms with E-state index >= 15 is 0 Å². The lowest BCUT2D eigenvalue weighted by atomic mass is 9.80. The van der Waals surface area contributed by atoms with E-state index in [9.17, 15) is 0 Å². The molecule has 4 aromatic rings. The Labute approximate surface area is 545 Å². The third-order valence-electron chi connectivity index (χ3n) is 15.0. The lowest BCUT2D eigenvalue weighted by molar-refractivity contribution is 0.0112. The first-order valence-corrected chi connectivity index (χ1v) is 31.2. The number of aliphatic hydroxyl groups excluding tert-OH is 4. The van der Waals surface area contributed by atoms with Gasteiger partial charge in [-0.3, -0.25) is 0 Å². The Balaban J connectivity index is 0.000000480.